The lowest BCUT2D eigenvalue weighted by molar-refractivity contribution is 0.404. The van der Waals surface area contributed by atoms with E-state index in [0.717, 1.165) is 5.56 Å². The fraction of sp³-hybridized carbons (Fsp3) is 0.143. The van der Waals surface area contributed by atoms with Crippen LogP contribution in [0.2, 0.25) is 10.0 Å². The Bertz CT molecular complexity index is 662. The molecule has 2 aromatic carbocycles. The van der Waals surface area contributed by atoms with Gasteiger partial charge >= 0.3 is 0 Å². The Kier molecular flexibility index (Phi) is 4.91. The van der Waals surface area contributed by atoms with E-state index in [1.807, 2.05) is 0 Å². The molecule has 0 aliphatic rings. The number of halogens is 2. The lowest BCUT2D eigenvalue weighted by Crippen LogP contribution is -2.01. The van der Waals surface area contributed by atoms with E-state index in [9.17, 15) is 4.21 Å². The summed E-state index contributed by atoms with van der Waals surface area (Å²) in [4.78, 5) is 0.581. The van der Waals surface area contributed by atoms with Crippen LogP contribution in [0.25, 0.3) is 0 Å². The molecule has 0 spiro atoms. The maximum atomic E-state index is 12.5. The molecule has 0 heterocycles. The van der Waals surface area contributed by atoms with Gasteiger partial charge in [-0.1, -0.05) is 35.3 Å². The zero-order valence-electron chi connectivity index (χ0n) is 10.7. The molecule has 1 unspecified atom stereocenters. The van der Waals surface area contributed by atoms with Gasteiger partial charge in [-0.2, -0.15) is 0 Å². The minimum Gasteiger partial charge on any atom is -0.495 e. The molecule has 1 atom stereocenters. The first-order chi connectivity index (χ1) is 9.52. The molecule has 0 aliphatic heterocycles. The van der Waals surface area contributed by atoms with Crippen molar-refractivity contribution >= 4 is 39.7 Å². The van der Waals surface area contributed by atoms with Crippen molar-refractivity contribution in [3.05, 3.63) is 52.0 Å². The first-order valence-corrected chi connectivity index (χ1v) is 7.85. The number of rotatable bonds is 4. The van der Waals surface area contributed by atoms with Crippen LogP contribution in [0.3, 0.4) is 0 Å². The van der Waals surface area contributed by atoms with E-state index in [1.54, 1.807) is 36.4 Å². The lowest BCUT2D eigenvalue weighted by Gasteiger charge is -2.10. The molecule has 0 saturated heterocycles. The number of nitrogens with two attached hydrogens (primary N) is 1. The molecule has 0 amide bonds. The number of anilines is 1. The molecule has 2 N–H and O–H groups in total. The lowest BCUT2D eigenvalue weighted by atomic mass is 10.2. The summed E-state index contributed by atoms with van der Waals surface area (Å²) in [5.74, 6) is 0.765. The highest BCUT2D eigenvalue weighted by Gasteiger charge is 2.14. The fourth-order valence-corrected chi connectivity index (χ4v) is 3.48. The molecule has 3 nitrogen and oxygen atoms in total. The predicted octanol–water partition coefficient (Wildman–Crippen LogP) is 3.89. The standard InChI is InChI=1S/C14H13Cl2NO2S/c1-19-12-7-10(17)5-6-13(12)20(18)8-9-3-2-4-11(15)14(9)16/h2-7H,8,17H2,1H3. The zero-order chi connectivity index (χ0) is 14.7. The number of ether oxygens (including phenoxy) is 1. The largest absolute Gasteiger partial charge is 0.495 e. The van der Waals surface area contributed by atoms with Crippen LogP contribution in [-0.4, -0.2) is 11.3 Å². The van der Waals surface area contributed by atoms with E-state index in [4.69, 9.17) is 33.7 Å². The van der Waals surface area contributed by atoms with E-state index in [1.165, 1.54) is 7.11 Å². The maximum Gasteiger partial charge on any atom is 0.137 e. The van der Waals surface area contributed by atoms with Crippen molar-refractivity contribution in [3.63, 3.8) is 0 Å². The topological polar surface area (TPSA) is 52.3 Å². The van der Waals surface area contributed by atoms with Crippen LogP contribution in [0.4, 0.5) is 5.69 Å². The second-order valence-electron chi connectivity index (χ2n) is 4.11. The highest BCUT2D eigenvalue weighted by molar-refractivity contribution is 7.84. The molecule has 2 rings (SSSR count). The second kappa shape index (κ2) is 6.48. The number of methoxy groups -OCH3 is 1. The van der Waals surface area contributed by atoms with Gasteiger partial charge in [0, 0.05) is 11.8 Å². The average molecular weight is 330 g/mol. The first-order valence-electron chi connectivity index (χ1n) is 5.77. The summed E-state index contributed by atoms with van der Waals surface area (Å²) >= 11 is 12.1. The summed E-state index contributed by atoms with van der Waals surface area (Å²) < 4.78 is 17.7. The van der Waals surface area contributed by atoms with E-state index in [0.29, 0.717) is 26.4 Å². The molecule has 0 saturated carbocycles. The smallest absolute Gasteiger partial charge is 0.137 e. The minimum absolute atomic E-state index is 0.264. The molecule has 0 aliphatic carbocycles. The molecule has 20 heavy (non-hydrogen) atoms. The number of benzene rings is 2. The van der Waals surface area contributed by atoms with Gasteiger partial charge in [0.05, 0.1) is 38.6 Å². The second-order valence-corrected chi connectivity index (χ2v) is 6.32. The Balaban J connectivity index is 2.31. The Hall–Kier alpha value is -1.23. The van der Waals surface area contributed by atoms with Gasteiger partial charge in [-0.05, 0) is 23.8 Å². The van der Waals surface area contributed by atoms with Gasteiger partial charge in [-0.15, -0.1) is 0 Å². The van der Waals surface area contributed by atoms with Crippen LogP contribution in [0.5, 0.6) is 5.75 Å². The number of nitrogen functional groups attached to an aromatic ring is 1. The van der Waals surface area contributed by atoms with Gasteiger partial charge in [0.25, 0.3) is 0 Å². The molecule has 6 heteroatoms. The van der Waals surface area contributed by atoms with Crippen LogP contribution in [0, 0.1) is 0 Å². The summed E-state index contributed by atoms with van der Waals surface area (Å²) in [5.41, 5.74) is 6.97. The van der Waals surface area contributed by atoms with Crippen molar-refractivity contribution in [2.75, 3.05) is 12.8 Å². The molecule has 0 bridgehead atoms. The van der Waals surface area contributed by atoms with Gasteiger partial charge < -0.3 is 10.5 Å². The molecular formula is C14H13Cl2NO2S. The van der Waals surface area contributed by atoms with Crippen LogP contribution < -0.4 is 10.5 Å². The van der Waals surface area contributed by atoms with Gasteiger partial charge in [-0.3, -0.25) is 4.21 Å². The van der Waals surface area contributed by atoms with Gasteiger partial charge in [0.15, 0.2) is 0 Å². The number of hydrogen-bond donors (Lipinski definition) is 1. The summed E-state index contributed by atoms with van der Waals surface area (Å²) in [7, 11) is 0.219. The quantitative estimate of drug-likeness (QED) is 0.865. The van der Waals surface area contributed by atoms with E-state index < -0.39 is 10.8 Å². The Morgan fingerprint density at radius 2 is 2.00 bits per heavy atom. The molecular weight excluding hydrogens is 317 g/mol. The van der Waals surface area contributed by atoms with Crippen molar-refractivity contribution in [2.45, 2.75) is 10.6 Å². The molecule has 0 radical (unpaired) electrons. The van der Waals surface area contributed by atoms with Crippen molar-refractivity contribution in [1.82, 2.24) is 0 Å². The fourth-order valence-electron chi connectivity index (χ4n) is 1.75. The van der Waals surface area contributed by atoms with Gasteiger partial charge in [-0.25, -0.2) is 0 Å². The molecule has 2 aromatic rings. The molecule has 0 aromatic heterocycles. The monoisotopic (exact) mass is 329 g/mol. The van der Waals surface area contributed by atoms with Crippen LogP contribution in [0.15, 0.2) is 41.3 Å². The summed E-state index contributed by atoms with van der Waals surface area (Å²) in [6.07, 6.45) is 0. The van der Waals surface area contributed by atoms with Crippen LogP contribution in [-0.2, 0) is 16.6 Å². The van der Waals surface area contributed by atoms with E-state index >= 15 is 0 Å². The molecule has 106 valence electrons. The Morgan fingerprint density at radius 3 is 2.70 bits per heavy atom. The van der Waals surface area contributed by atoms with E-state index in [-0.39, 0.29) is 5.75 Å². The van der Waals surface area contributed by atoms with Crippen molar-refractivity contribution in [2.24, 2.45) is 0 Å². The normalized spacial score (nSPS) is 12.2. The minimum atomic E-state index is -1.30. The van der Waals surface area contributed by atoms with Crippen molar-refractivity contribution in [1.29, 1.82) is 0 Å². The average Bonchev–Trinajstić information content (AvgIpc) is 2.43. The van der Waals surface area contributed by atoms with Gasteiger partial charge in [0.1, 0.15) is 5.75 Å². The van der Waals surface area contributed by atoms with Crippen LogP contribution in [0.1, 0.15) is 5.56 Å². The summed E-state index contributed by atoms with van der Waals surface area (Å²) in [5, 5.41) is 0.877. The zero-order valence-corrected chi connectivity index (χ0v) is 13.1. The Labute approximate surface area is 130 Å². The summed E-state index contributed by atoms with van der Waals surface area (Å²) in [6.45, 7) is 0. The highest BCUT2D eigenvalue weighted by Crippen LogP contribution is 2.30. The van der Waals surface area contributed by atoms with E-state index in [2.05, 4.69) is 0 Å². The van der Waals surface area contributed by atoms with Crippen molar-refractivity contribution < 1.29 is 8.95 Å². The van der Waals surface area contributed by atoms with Crippen molar-refractivity contribution in [3.8, 4) is 5.75 Å². The summed E-state index contributed by atoms with van der Waals surface area (Å²) in [6, 6.07) is 10.3. The Morgan fingerprint density at radius 1 is 1.25 bits per heavy atom. The molecule has 0 fully saturated rings. The number of hydrogen-bond acceptors (Lipinski definition) is 3. The third kappa shape index (κ3) is 3.26. The maximum absolute atomic E-state index is 12.5. The third-order valence-corrected chi connectivity index (χ3v) is 5.01. The SMILES string of the molecule is COc1cc(N)ccc1S(=O)Cc1cccc(Cl)c1Cl. The third-order valence-electron chi connectivity index (χ3n) is 2.75. The first kappa shape index (κ1) is 15.2. The highest BCUT2D eigenvalue weighted by atomic mass is 35.5. The predicted molar refractivity (Wildman–Crippen MR) is 84.0 cm³/mol. The van der Waals surface area contributed by atoms with Gasteiger partial charge in [0.2, 0.25) is 0 Å². The van der Waals surface area contributed by atoms with Crippen LogP contribution >= 0.6 is 23.2 Å².